The van der Waals surface area contributed by atoms with Crippen molar-refractivity contribution in [2.75, 3.05) is 0 Å². The van der Waals surface area contributed by atoms with Crippen LogP contribution in [0.2, 0.25) is 10.0 Å². The third-order valence-electron chi connectivity index (χ3n) is 4.12. The summed E-state index contributed by atoms with van der Waals surface area (Å²) in [7, 11) is 0. The number of imidazole rings is 1. The molecule has 0 unspecified atom stereocenters. The smallest absolute Gasteiger partial charge is 0.260 e. The topological polar surface area (TPSA) is 26.9 Å². The van der Waals surface area contributed by atoms with Crippen molar-refractivity contribution in [2.24, 2.45) is 0 Å². The van der Waals surface area contributed by atoms with Gasteiger partial charge in [-0.1, -0.05) is 35.4 Å². The number of fused-ring (bicyclic) bond motifs is 1. The van der Waals surface area contributed by atoms with Gasteiger partial charge < -0.3 is 0 Å². The Kier molecular flexibility index (Phi) is 4.12. The van der Waals surface area contributed by atoms with Gasteiger partial charge in [-0.3, -0.25) is 9.13 Å². The quantitative estimate of drug-likeness (QED) is 0.597. The molecule has 1 heterocycles. The standard InChI is InChI=1S/C20H14Cl2N2O/c21-14-6-10-16(11-7-14)23-18-4-2-1-3-5-19(18)24(20(23)25)17-12-8-15(22)9-13-17/h2-13H,1H2. The molecular weight excluding hydrogens is 355 g/mol. The van der Waals surface area contributed by atoms with Gasteiger partial charge in [0.05, 0.1) is 22.8 Å². The van der Waals surface area contributed by atoms with Gasteiger partial charge in [0.2, 0.25) is 0 Å². The van der Waals surface area contributed by atoms with Crippen molar-refractivity contribution >= 4 is 35.4 Å². The third-order valence-corrected chi connectivity index (χ3v) is 4.62. The van der Waals surface area contributed by atoms with E-state index in [1.165, 1.54) is 0 Å². The number of aromatic nitrogens is 2. The lowest BCUT2D eigenvalue weighted by atomic mass is 10.2. The summed E-state index contributed by atoms with van der Waals surface area (Å²) in [6.45, 7) is 0. The predicted molar refractivity (Wildman–Crippen MR) is 104 cm³/mol. The van der Waals surface area contributed by atoms with Crippen LogP contribution in [0.25, 0.3) is 23.5 Å². The first-order chi connectivity index (χ1) is 12.1. The van der Waals surface area contributed by atoms with E-state index in [9.17, 15) is 4.79 Å². The highest BCUT2D eigenvalue weighted by Crippen LogP contribution is 2.24. The number of rotatable bonds is 2. The van der Waals surface area contributed by atoms with Crippen LogP contribution in [0.4, 0.5) is 0 Å². The number of benzene rings is 2. The Morgan fingerprint density at radius 3 is 1.48 bits per heavy atom. The maximum Gasteiger partial charge on any atom is 0.338 e. The molecule has 0 atom stereocenters. The minimum absolute atomic E-state index is 0.133. The lowest BCUT2D eigenvalue weighted by Gasteiger charge is -2.04. The molecule has 0 saturated carbocycles. The van der Waals surface area contributed by atoms with Crippen LogP contribution in [-0.4, -0.2) is 9.13 Å². The highest BCUT2D eigenvalue weighted by atomic mass is 35.5. The van der Waals surface area contributed by atoms with E-state index in [4.69, 9.17) is 23.2 Å². The van der Waals surface area contributed by atoms with Crippen molar-refractivity contribution in [2.45, 2.75) is 6.42 Å². The zero-order valence-corrected chi connectivity index (χ0v) is 14.7. The summed E-state index contributed by atoms with van der Waals surface area (Å²) in [5, 5.41) is 1.27. The molecule has 0 aliphatic heterocycles. The molecule has 0 fully saturated rings. The zero-order valence-electron chi connectivity index (χ0n) is 13.2. The van der Waals surface area contributed by atoms with Gasteiger partial charge in [-0.15, -0.1) is 0 Å². The normalized spacial score (nSPS) is 12.9. The number of hydrogen-bond acceptors (Lipinski definition) is 1. The van der Waals surface area contributed by atoms with Crippen molar-refractivity contribution in [1.29, 1.82) is 0 Å². The molecule has 0 spiro atoms. The SMILES string of the molecule is O=c1n(-c2ccc(Cl)cc2)c2c(n1-c1ccc(Cl)cc1)C=CCC=C2. The van der Waals surface area contributed by atoms with Crippen molar-refractivity contribution in [3.63, 3.8) is 0 Å². The summed E-state index contributed by atoms with van der Waals surface area (Å²) < 4.78 is 3.40. The molecule has 3 aromatic rings. The first-order valence-corrected chi connectivity index (χ1v) is 8.63. The minimum atomic E-state index is -0.133. The van der Waals surface area contributed by atoms with Gasteiger partial charge in [0, 0.05) is 10.0 Å². The Morgan fingerprint density at radius 2 is 1.08 bits per heavy atom. The molecule has 3 nitrogen and oxygen atoms in total. The Labute approximate surface area is 155 Å². The van der Waals surface area contributed by atoms with Crippen LogP contribution in [-0.2, 0) is 0 Å². The van der Waals surface area contributed by atoms with Crippen molar-refractivity contribution in [1.82, 2.24) is 9.13 Å². The van der Waals surface area contributed by atoms with E-state index in [1.807, 2.05) is 48.6 Å². The summed E-state index contributed by atoms with van der Waals surface area (Å²) in [6.07, 6.45) is 8.88. The van der Waals surface area contributed by atoms with E-state index in [0.29, 0.717) is 10.0 Å². The van der Waals surface area contributed by atoms with Gasteiger partial charge in [-0.05, 0) is 67.1 Å². The zero-order chi connectivity index (χ0) is 17.4. The maximum absolute atomic E-state index is 13.2. The fourth-order valence-corrected chi connectivity index (χ4v) is 3.22. The van der Waals surface area contributed by atoms with Crippen LogP contribution in [0.3, 0.4) is 0 Å². The molecule has 0 radical (unpaired) electrons. The van der Waals surface area contributed by atoms with E-state index in [1.54, 1.807) is 33.4 Å². The first kappa shape index (κ1) is 16.0. The van der Waals surface area contributed by atoms with Gasteiger partial charge in [0.1, 0.15) is 0 Å². The van der Waals surface area contributed by atoms with Crippen molar-refractivity contribution in [3.8, 4) is 11.4 Å². The Morgan fingerprint density at radius 1 is 0.680 bits per heavy atom. The predicted octanol–water partition coefficient (Wildman–Crippen LogP) is 5.37. The molecule has 0 saturated heterocycles. The van der Waals surface area contributed by atoms with E-state index in [2.05, 4.69) is 0 Å². The van der Waals surface area contributed by atoms with Gasteiger partial charge in [-0.25, -0.2) is 4.79 Å². The van der Waals surface area contributed by atoms with Gasteiger partial charge in [0.25, 0.3) is 0 Å². The second kappa shape index (κ2) is 6.43. The molecule has 2 aromatic carbocycles. The van der Waals surface area contributed by atoms with Crippen LogP contribution in [0, 0.1) is 0 Å². The average molecular weight is 369 g/mol. The van der Waals surface area contributed by atoms with Crippen LogP contribution in [0.15, 0.2) is 65.5 Å². The van der Waals surface area contributed by atoms with Gasteiger partial charge >= 0.3 is 5.69 Å². The molecule has 0 amide bonds. The molecule has 1 aliphatic rings. The number of halogens is 2. The summed E-state index contributed by atoms with van der Waals surface area (Å²) in [4.78, 5) is 13.2. The summed E-state index contributed by atoms with van der Waals surface area (Å²) in [5.74, 6) is 0. The number of allylic oxidation sites excluding steroid dienone is 2. The van der Waals surface area contributed by atoms with Gasteiger partial charge in [-0.2, -0.15) is 0 Å². The van der Waals surface area contributed by atoms with Crippen molar-refractivity contribution < 1.29 is 0 Å². The fraction of sp³-hybridized carbons (Fsp3) is 0.0500. The second-order valence-corrected chi connectivity index (χ2v) is 6.59. The van der Waals surface area contributed by atoms with E-state index in [-0.39, 0.29) is 5.69 Å². The van der Waals surface area contributed by atoms with Crippen LogP contribution in [0.5, 0.6) is 0 Å². The van der Waals surface area contributed by atoms with E-state index >= 15 is 0 Å². The van der Waals surface area contributed by atoms with Gasteiger partial charge in [0.15, 0.2) is 0 Å². The Balaban J connectivity index is 2.03. The molecule has 0 bridgehead atoms. The lowest BCUT2D eigenvalue weighted by Crippen LogP contribution is -2.23. The van der Waals surface area contributed by atoms with E-state index < -0.39 is 0 Å². The fourth-order valence-electron chi connectivity index (χ4n) is 2.97. The van der Waals surface area contributed by atoms with E-state index in [0.717, 1.165) is 29.2 Å². The highest BCUT2D eigenvalue weighted by molar-refractivity contribution is 6.30. The third kappa shape index (κ3) is 2.86. The summed E-state index contributed by atoms with van der Waals surface area (Å²) in [6, 6.07) is 14.5. The average Bonchev–Trinajstić information content (AvgIpc) is 2.76. The summed E-state index contributed by atoms with van der Waals surface area (Å²) >= 11 is 12.0. The monoisotopic (exact) mass is 368 g/mol. The molecule has 25 heavy (non-hydrogen) atoms. The summed E-state index contributed by atoms with van der Waals surface area (Å²) in [5.41, 5.74) is 3.11. The minimum Gasteiger partial charge on any atom is -0.260 e. The lowest BCUT2D eigenvalue weighted by molar-refractivity contribution is 0.902. The molecule has 124 valence electrons. The Bertz CT molecular complexity index is 957. The molecule has 5 heteroatoms. The number of nitrogens with zero attached hydrogens (tertiary/aromatic N) is 2. The van der Waals surface area contributed by atoms with Crippen LogP contribution < -0.4 is 5.69 Å². The molecule has 1 aromatic heterocycles. The largest absolute Gasteiger partial charge is 0.338 e. The molecule has 1 aliphatic carbocycles. The number of hydrogen-bond donors (Lipinski definition) is 0. The first-order valence-electron chi connectivity index (χ1n) is 7.88. The second-order valence-electron chi connectivity index (χ2n) is 5.72. The highest BCUT2D eigenvalue weighted by Gasteiger charge is 2.19. The van der Waals surface area contributed by atoms with Crippen LogP contribution in [0.1, 0.15) is 17.8 Å². The molecular formula is C20H14Cl2N2O. The Hall–Kier alpha value is -2.49. The molecule has 4 rings (SSSR count). The molecule has 0 N–H and O–H groups in total. The van der Waals surface area contributed by atoms with Crippen molar-refractivity contribution in [3.05, 3.63) is 92.6 Å². The maximum atomic E-state index is 13.2. The van der Waals surface area contributed by atoms with Crippen LogP contribution >= 0.6 is 23.2 Å².